The van der Waals surface area contributed by atoms with Crippen LogP contribution >= 0.6 is 11.5 Å². The van der Waals surface area contributed by atoms with Crippen LogP contribution in [0.25, 0.3) is 0 Å². The van der Waals surface area contributed by atoms with Crippen LogP contribution in [0.2, 0.25) is 0 Å². The molecule has 2 rings (SSSR count). The first kappa shape index (κ1) is 13.7. The van der Waals surface area contributed by atoms with Gasteiger partial charge in [0.1, 0.15) is 6.10 Å². The number of rotatable bonds is 6. The molecule has 2 heterocycles. The van der Waals surface area contributed by atoms with Gasteiger partial charge in [-0.15, -0.1) is 0 Å². The second-order valence-electron chi connectivity index (χ2n) is 4.13. The van der Waals surface area contributed by atoms with E-state index in [2.05, 4.69) is 26.5 Å². The molecule has 0 spiro atoms. The van der Waals surface area contributed by atoms with Crippen molar-refractivity contribution in [1.82, 2.24) is 14.3 Å². The van der Waals surface area contributed by atoms with Crippen molar-refractivity contribution in [2.45, 2.75) is 13.0 Å². The smallest absolute Gasteiger partial charge is 0.202 e. The minimum Gasteiger partial charge on any atom is -0.383 e. The normalized spacial score (nSPS) is 21.1. The van der Waals surface area contributed by atoms with Gasteiger partial charge in [0, 0.05) is 38.3 Å². The molecule has 1 atom stereocenters. The topological polar surface area (TPSA) is 59.5 Å². The second-order valence-corrected chi connectivity index (χ2v) is 4.88. The summed E-state index contributed by atoms with van der Waals surface area (Å²) in [6.45, 7) is 7.25. The fourth-order valence-electron chi connectivity index (χ4n) is 1.84. The molecular formula is C11H20N4O2S. The van der Waals surface area contributed by atoms with E-state index in [9.17, 15) is 0 Å². The third-order valence-electron chi connectivity index (χ3n) is 2.91. The minimum atomic E-state index is 0.00734. The Kier molecular flexibility index (Phi) is 5.30. The summed E-state index contributed by atoms with van der Waals surface area (Å²) in [6, 6.07) is 0. The number of likely N-dealkylation sites (N-methyl/N-ethyl adjacent to an activating group) is 1. The molecule has 1 unspecified atom stereocenters. The number of nitrogens with one attached hydrogen (secondary N) is 1. The maximum atomic E-state index is 5.72. The number of nitrogens with zero attached hydrogens (tertiary/aromatic N) is 3. The molecule has 1 aromatic rings. The molecule has 1 fully saturated rings. The van der Waals surface area contributed by atoms with E-state index in [0.717, 1.165) is 43.7 Å². The summed E-state index contributed by atoms with van der Waals surface area (Å²) in [7, 11) is 1.68. The van der Waals surface area contributed by atoms with Gasteiger partial charge in [0.15, 0.2) is 5.82 Å². The van der Waals surface area contributed by atoms with Gasteiger partial charge in [0.05, 0.1) is 13.2 Å². The molecule has 7 heteroatoms. The predicted molar refractivity (Wildman–Crippen MR) is 71.1 cm³/mol. The van der Waals surface area contributed by atoms with Gasteiger partial charge < -0.3 is 14.8 Å². The maximum Gasteiger partial charge on any atom is 0.202 e. The third-order valence-corrected chi connectivity index (χ3v) is 3.60. The van der Waals surface area contributed by atoms with Crippen LogP contribution in [0.4, 0.5) is 5.13 Å². The van der Waals surface area contributed by atoms with E-state index in [1.165, 1.54) is 11.5 Å². The minimum absolute atomic E-state index is 0.00734. The molecule has 0 radical (unpaired) electrons. The molecule has 102 valence electrons. The van der Waals surface area contributed by atoms with Gasteiger partial charge in [-0.25, -0.2) is 4.98 Å². The van der Waals surface area contributed by atoms with Crippen LogP contribution in [-0.4, -0.2) is 60.8 Å². The Hall–Kier alpha value is -0.760. The molecule has 6 nitrogen and oxygen atoms in total. The fraction of sp³-hybridized carbons (Fsp3) is 0.818. The average molecular weight is 272 g/mol. The summed E-state index contributed by atoms with van der Waals surface area (Å²) in [5.74, 6) is 0.790. The summed E-state index contributed by atoms with van der Waals surface area (Å²) in [4.78, 5) is 6.82. The first-order valence-electron chi connectivity index (χ1n) is 6.24. The molecule has 1 saturated heterocycles. The van der Waals surface area contributed by atoms with Crippen LogP contribution < -0.4 is 5.32 Å². The van der Waals surface area contributed by atoms with Crippen LogP contribution in [0.1, 0.15) is 18.9 Å². The lowest BCUT2D eigenvalue weighted by atomic mass is 10.2. The quantitative estimate of drug-likeness (QED) is 0.779. The van der Waals surface area contributed by atoms with Gasteiger partial charge in [0.25, 0.3) is 0 Å². The van der Waals surface area contributed by atoms with Crippen LogP contribution in [0, 0.1) is 0 Å². The van der Waals surface area contributed by atoms with E-state index in [-0.39, 0.29) is 6.10 Å². The molecule has 1 aliphatic rings. The Balaban J connectivity index is 1.88. The monoisotopic (exact) mass is 272 g/mol. The molecular weight excluding hydrogens is 252 g/mol. The zero-order chi connectivity index (χ0) is 12.8. The molecule has 1 N–H and O–H groups in total. The Morgan fingerprint density at radius 2 is 2.50 bits per heavy atom. The van der Waals surface area contributed by atoms with Crippen LogP contribution in [0.15, 0.2) is 0 Å². The highest BCUT2D eigenvalue weighted by molar-refractivity contribution is 7.09. The Labute approximate surface area is 111 Å². The lowest BCUT2D eigenvalue weighted by Gasteiger charge is -2.30. The number of hydrogen-bond donors (Lipinski definition) is 1. The molecule has 0 amide bonds. The van der Waals surface area contributed by atoms with E-state index in [1.54, 1.807) is 7.11 Å². The van der Waals surface area contributed by atoms with Crippen molar-refractivity contribution in [1.29, 1.82) is 0 Å². The van der Waals surface area contributed by atoms with Crippen molar-refractivity contribution in [3.8, 4) is 0 Å². The molecule has 0 bridgehead atoms. The lowest BCUT2D eigenvalue weighted by Crippen LogP contribution is -2.38. The summed E-state index contributed by atoms with van der Waals surface area (Å²) in [5.41, 5.74) is 0. The van der Waals surface area contributed by atoms with Gasteiger partial charge in [-0.2, -0.15) is 4.37 Å². The van der Waals surface area contributed by atoms with E-state index in [4.69, 9.17) is 9.47 Å². The highest BCUT2D eigenvalue weighted by atomic mass is 32.1. The third kappa shape index (κ3) is 3.61. The summed E-state index contributed by atoms with van der Waals surface area (Å²) >= 11 is 1.38. The van der Waals surface area contributed by atoms with E-state index in [0.29, 0.717) is 6.61 Å². The van der Waals surface area contributed by atoms with Crippen molar-refractivity contribution in [2.24, 2.45) is 0 Å². The molecule has 0 aliphatic carbocycles. The molecule has 18 heavy (non-hydrogen) atoms. The Bertz CT molecular complexity index is 361. The van der Waals surface area contributed by atoms with Crippen molar-refractivity contribution >= 4 is 16.7 Å². The molecule has 0 saturated carbocycles. The summed E-state index contributed by atoms with van der Waals surface area (Å²) in [5, 5.41) is 4.01. The summed E-state index contributed by atoms with van der Waals surface area (Å²) < 4.78 is 15.1. The van der Waals surface area contributed by atoms with Crippen molar-refractivity contribution in [3.05, 3.63) is 5.82 Å². The fourth-order valence-corrected chi connectivity index (χ4v) is 2.48. The number of ether oxygens (including phenoxy) is 2. The summed E-state index contributed by atoms with van der Waals surface area (Å²) in [6.07, 6.45) is 0.00734. The van der Waals surface area contributed by atoms with Gasteiger partial charge in [-0.3, -0.25) is 4.90 Å². The van der Waals surface area contributed by atoms with Gasteiger partial charge in [0.2, 0.25) is 5.13 Å². The Morgan fingerprint density at radius 3 is 3.28 bits per heavy atom. The van der Waals surface area contributed by atoms with Gasteiger partial charge >= 0.3 is 0 Å². The number of aromatic nitrogens is 2. The zero-order valence-corrected chi connectivity index (χ0v) is 11.7. The molecule has 1 aliphatic heterocycles. The first-order valence-corrected chi connectivity index (χ1v) is 7.01. The standard InChI is InChI=1S/C11H20N4O2S/c1-3-15-5-7-17-9(8-15)10-13-11(18-14-10)12-4-6-16-2/h9H,3-8H2,1-2H3,(H,12,13,14). The van der Waals surface area contributed by atoms with Crippen LogP contribution in [0.3, 0.4) is 0 Å². The number of anilines is 1. The van der Waals surface area contributed by atoms with E-state index >= 15 is 0 Å². The largest absolute Gasteiger partial charge is 0.383 e. The first-order chi connectivity index (χ1) is 8.83. The number of morpholine rings is 1. The molecule has 1 aromatic heterocycles. The highest BCUT2D eigenvalue weighted by Crippen LogP contribution is 2.22. The van der Waals surface area contributed by atoms with Crippen LogP contribution in [-0.2, 0) is 9.47 Å². The van der Waals surface area contributed by atoms with Gasteiger partial charge in [-0.05, 0) is 6.54 Å². The maximum absolute atomic E-state index is 5.72. The SMILES string of the molecule is CCN1CCOC(c2nsc(NCCOC)n2)C1. The van der Waals surface area contributed by atoms with Crippen LogP contribution in [0.5, 0.6) is 0 Å². The Morgan fingerprint density at radius 1 is 1.61 bits per heavy atom. The van der Waals surface area contributed by atoms with E-state index in [1.807, 2.05) is 0 Å². The van der Waals surface area contributed by atoms with E-state index < -0.39 is 0 Å². The number of methoxy groups -OCH3 is 1. The van der Waals surface area contributed by atoms with Crippen molar-refractivity contribution in [2.75, 3.05) is 51.8 Å². The lowest BCUT2D eigenvalue weighted by molar-refractivity contribution is -0.0319. The average Bonchev–Trinajstić information content (AvgIpc) is 2.88. The van der Waals surface area contributed by atoms with Crippen molar-refractivity contribution in [3.63, 3.8) is 0 Å². The van der Waals surface area contributed by atoms with Crippen molar-refractivity contribution < 1.29 is 9.47 Å². The predicted octanol–water partition coefficient (Wildman–Crippen LogP) is 0.990. The zero-order valence-electron chi connectivity index (χ0n) is 10.9. The highest BCUT2D eigenvalue weighted by Gasteiger charge is 2.24. The number of hydrogen-bond acceptors (Lipinski definition) is 7. The van der Waals surface area contributed by atoms with Gasteiger partial charge in [-0.1, -0.05) is 6.92 Å². The molecule has 0 aromatic carbocycles. The second kappa shape index (κ2) is 6.98.